The maximum Gasteiger partial charge on any atom is 0.340 e. The van der Waals surface area contributed by atoms with Crippen molar-refractivity contribution in [2.75, 3.05) is 6.54 Å². The second kappa shape index (κ2) is 6.72. The van der Waals surface area contributed by atoms with E-state index in [0.29, 0.717) is 16.8 Å². The van der Waals surface area contributed by atoms with E-state index in [1.165, 1.54) is 0 Å². The van der Waals surface area contributed by atoms with Gasteiger partial charge < -0.3 is 10.1 Å². The predicted octanol–water partition coefficient (Wildman–Crippen LogP) is 3.32. The highest BCUT2D eigenvalue weighted by atomic mass is 35.5. The van der Waals surface area contributed by atoms with Crippen LogP contribution in [0.25, 0.3) is 0 Å². The standard InChI is InChI=1S/C14H19ClN4O/c1-4-7-16-10(2)12-6-5-11(8-13(12)15)20-14-17-9-19(3)18-14/h5-6,8-10,16H,4,7H2,1-3H3. The molecule has 20 heavy (non-hydrogen) atoms. The van der Waals surface area contributed by atoms with E-state index in [4.69, 9.17) is 16.3 Å². The highest BCUT2D eigenvalue weighted by Gasteiger charge is 2.11. The second-order valence-corrected chi connectivity index (χ2v) is 5.07. The Morgan fingerprint density at radius 3 is 2.85 bits per heavy atom. The van der Waals surface area contributed by atoms with Crippen molar-refractivity contribution in [3.05, 3.63) is 35.1 Å². The Kier molecular flexibility index (Phi) is 4.98. The highest BCUT2D eigenvalue weighted by molar-refractivity contribution is 6.31. The molecule has 0 bridgehead atoms. The lowest BCUT2D eigenvalue weighted by atomic mass is 10.1. The van der Waals surface area contributed by atoms with E-state index in [9.17, 15) is 0 Å². The van der Waals surface area contributed by atoms with Gasteiger partial charge in [-0.1, -0.05) is 24.6 Å². The van der Waals surface area contributed by atoms with Crippen LogP contribution in [0.5, 0.6) is 11.8 Å². The molecule has 1 atom stereocenters. The van der Waals surface area contributed by atoms with Crippen molar-refractivity contribution in [2.45, 2.75) is 26.3 Å². The van der Waals surface area contributed by atoms with Gasteiger partial charge in [-0.2, -0.15) is 4.98 Å². The van der Waals surface area contributed by atoms with Crippen LogP contribution in [-0.2, 0) is 7.05 Å². The number of nitrogens with one attached hydrogen (secondary N) is 1. The lowest BCUT2D eigenvalue weighted by Gasteiger charge is -2.15. The number of hydrogen-bond donors (Lipinski definition) is 1. The summed E-state index contributed by atoms with van der Waals surface area (Å²) in [6.07, 6.45) is 2.68. The summed E-state index contributed by atoms with van der Waals surface area (Å²) in [5.74, 6) is 0.632. The zero-order valence-electron chi connectivity index (χ0n) is 11.9. The Morgan fingerprint density at radius 2 is 2.25 bits per heavy atom. The molecule has 0 saturated carbocycles. The van der Waals surface area contributed by atoms with Gasteiger partial charge in [-0.15, -0.1) is 5.10 Å². The molecule has 1 N–H and O–H groups in total. The van der Waals surface area contributed by atoms with E-state index in [2.05, 4.69) is 29.2 Å². The van der Waals surface area contributed by atoms with Crippen LogP contribution in [0.3, 0.4) is 0 Å². The summed E-state index contributed by atoms with van der Waals surface area (Å²) in [7, 11) is 1.79. The monoisotopic (exact) mass is 294 g/mol. The Morgan fingerprint density at radius 1 is 1.45 bits per heavy atom. The minimum atomic E-state index is 0.212. The number of ether oxygens (including phenoxy) is 1. The molecular weight excluding hydrogens is 276 g/mol. The third-order valence-corrected chi connectivity index (χ3v) is 3.25. The molecule has 1 aromatic heterocycles. The first kappa shape index (κ1) is 14.8. The van der Waals surface area contributed by atoms with Crippen molar-refractivity contribution in [3.8, 4) is 11.8 Å². The Hall–Kier alpha value is -1.59. The lowest BCUT2D eigenvalue weighted by molar-refractivity contribution is 0.438. The fourth-order valence-electron chi connectivity index (χ4n) is 1.87. The fourth-order valence-corrected chi connectivity index (χ4v) is 2.20. The predicted molar refractivity (Wildman–Crippen MR) is 79.2 cm³/mol. The highest BCUT2D eigenvalue weighted by Crippen LogP contribution is 2.28. The fraction of sp³-hybridized carbons (Fsp3) is 0.429. The van der Waals surface area contributed by atoms with Gasteiger partial charge in [-0.05, 0) is 37.6 Å². The van der Waals surface area contributed by atoms with E-state index in [0.717, 1.165) is 18.5 Å². The molecule has 108 valence electrons. The van der Waals surface area contributed by atoms with Crippen molar-refractivity contribution in [1.82, 2.24) is 20.1 Å². The third-order valence-electron chi connectivity index (χ3n) is 2.93. The number of benzene rings is 1. The molecule has 0 spiro atoms. The first-order valence-corrected chi connectivity index (χ1v) is 7.04. The summed E-state index contributed by atoms with van der Waals surface area (Å²) >= 11 is 6.31. The van der Waals surface area contributed by atoms with Crippen molar-refractivity contribution >= 4 is 11.6 Å². The van der Waals surface area contributed by atoms with Gasteiger partial charge in [0.15, 0.2) is 0 Å². The normalized spacial score (nSPS) is 12.4. The van der Waals surface area contributed by atoms with Crippen LogP contribution in [0.2, 0.25) is 5.02 Å². The molecule has 1 aromatic carbocycles. The molecule has 5 nitrogen and oxygen atoms in total. The molecule has 1 unspecified atom stereocenters. The number of hydrogen-bond acceptors (Lipinski definition) is 4. The molecule has 0 aliphatic heterocycles. The van der Waals surface area contributed by atoms with Gasteiger partial charge in [0.2, 0.25) is 0 Å². The summed E-state index contributed by atoms with van der Waals surface area (Å²) < 4.78 is 7.13. The Labute approximate surface area is 123 Å². The van der Waals surface area contributed by atoms with Crippen LogP contribution in [0.4, 0.5) is 0 Å². The van der Waals surface area contributed by atoms with E-state index < -0.39 is 0 Å². The average molecular weight is 295 g/mol. The quantitative estimate of drug-likeness (QED) is 0.888. The number of nitrogens with zero attached hydrogens (tertiary/aromatic N) is 3. The summed E-state index contributed by atoms with van der Waals surface area (Å²) in [6, 6.07) is 6.16. The van der Waals surface area contributed by atoms with Crippen molar-refractivity contribution in [3.63, 3.8) is 0 Å². The Balaban J connectivity index is 2.09. The average Bonchev–Trinajstić information content (AvgIpc) is 2.81. The first-order chi connectivity index (χ1) is 9.60. The van der Waals surface area contributed by atoms with Crippen LogP contribution in [0, 0.1) is 0 Å². The molecule has 0 aliphatic rings. The SMILES string of the molecule is CCCNC(C)c1ccc(Oc2ncn(C)n2)cc1Cl. The smallest absolute Gasteiger partial charge is 0.340 e. The molecule has 0 aliphatic carbocycles. The minimum Gasteiger partial charge on any atom is -0.423 e. The minimum absolute atomic E-state index is 0.212. The topological polar surface area (TPSA) is 52.0 Å². The molecule has 0 radical (unpaired) electrons. The third kappa shape index (κ3) is 3.71. The van der Waals surface area contributed by atoms with Crippen molar-refractivity contribution in [2.24, 2.45) is 7.05 Å². The molecule has 6 heteroatoms. The van der Waals surface area contributed by atoms with Crippen molar-refractivity contribution in [1.29, 1.82) is 0 Å². The lowest BCUT2D eigenvalue weighted by Crippen LogP contribution is -2.19. The molecule has 1 heterocycles. The Bertz CT molecular complexity index is 570. The molecular formula is C14H19ClN4O. The van der Waals surface area contributed by atoms with Gasteiger partial charge in [0.1, 0.15) is 12.1 Å². The zero-order chi connectivity index (χ0) is 14.5. The van der Waals surface area contributed by atoms with Gasteiger partial charge >= 0.3 is 6.01 Å². The maximum absolute atomic E-state index is 6.31. The van der Waals surface area contributed by atoms with Crippen LogP contribution in [0.15, 0.2) is 24.5 Å². The van der Waals surface area contributed by atoms with E-state index in [-0.39, 0.29) is 6.04 Å². The molecule has 0 amide bonds. The van der Waals surface area contributed by atoms with E-state index in [1.807, 2.05) is 12.1 Å². The number of rotatable bonds is 6. The van der Waals surface area contributed by atoms with Gasteiger partial charge in [0, 0.05) is 18.1 Å². The molecule has 0 saturated heterocycles. The van der Waals surface area contributed by atoms with Crippen LogP contribution in [-0.4, -0.2) is 21.3 Å². The summed E-state index contributed by atoms with van der Waals surface area (Å²) in [5, 5.41) is 8.15. The van der Waals surface area contributed by atoms with Crippen molar-refractivity contribution < 1.29 is 4.74 Å². The van der Waals surface area contributed by atoms with Crippen LogP contribution >= 0.6 is 11.6 Å². The number of halogens is 1. The summed E-state index contributed by atoms with van der Waals surface area (Å²) in [4.78, 5) is 4.01. The summed E-state index contributed by atoms with van der Waals surface area (Å²) in [6.45, 7) is 5.20. The molecule has 2 rings (SSSR count). The van der Waals surface area contributed by atoms with Crippen LogP contribution in [0.1, 0.15) is 31.9 Å². The first-order valence-electron chi connectivity index (χ1n) is 6.66. The van der Waals surface area contributed by atoms with Crippen LogP contribution < -0.4 is 10.1 Å². The number of aromatic nitrogens is 3. The maximum atomic E-state index is 6.31. The second-order valence-electron chi connectivity index (χ2n) is 4.66. The van der Waals surface area contributed by atoms with Gasteiger partial charge in [0.05, 0.1) is 0 Å². The zero-order valence-corrected chi connectivity index (χ0v) is 12.7. The van der Waals surface area contributed by atoms with Gasteiger partial charge in [0.25, 0.3) is 0 Å². The molecule has 0 fully saturated rings. The van der Waals surface area contributed by atoms with Gasteiger partial charge in [-0.25, -0.2) is 0 Å². The van der Waals surface area contributed by atoms with E-state index >= 15 is 0 Å². The van der Waals surface area contributed by atoms with E-state index in [1.54, 1.807) is 24.1 Å². The summed E-state index contributed by atoms with van der Waals surface area (Å²) in [5.41, 5.74) is 1.06. The number of aryl methyl sites for hydroxylation is 1. The van der Waals surface area contributed by atoms with Gasteiger partial charge in [-0.3, -0.25) is 4.68 Å². The molecule has 2 aromatic rings. The largest absolute Gasteiger partial charge is 0.423 e.